The Hall–Kier alpha value is -1.13. The standard InChI is InChI=1S/C35H67NO3/c1-3-5-7-9-11-13-14-15-16-17-18-19-20-21-23-25-27-29-31-35(39)36-33(32-37)34(38)30-28-26-24-22-12-10-8-6-4-2/h24,26,28,30,33-34,37-38H,3-23,25,27,29,31-32H2,1-2H3,(H,36,39)/b26-24+,30-28+/t33-,34+/m0/s1. The molecule has 0 aromatic carbocycles. The van der Waals surface area contributed by atoms with Gasteiger partial charge in [-0.05, 0) is 19.3 Å². The molecule has 0 aliphatic rings. The second kappa shape index (κ2) is 31.4. The number of rotatable bonds is 30. The minimum absolute atomic E-state index is 0.0828. The van der Waals surface area contributed by atoms with Crippen molar-refractivity contribution in [2.75, 3.05) is 6.61 Å². The molecule has 0 saturated carbocycles. The highest BCUT2D eigenvalue weighted by Crippen LogP contribution is 2.14. The third-order valence-electron chi connectivity index (χ3n) is 7.74. The van der Waals surface area contributed by atoms with Crippen LogP contribution in [-0.4, -0.2) is 34.9 Å². The van der Waals surface area contributed by atoms with Gasteiger partial charge in [-0.15, -0.1) is 0 Å². The topological polar surface area (TPSA) is 69.6 Å². The van der Waals surface area contributed by atoms with Crippen molar-refractivity contribution in [1.82, 2.24) is 5.32 Å². The molecule has 0 heterocycles. The lowest BCUT2D eigenvalue weighted by atomic mass is 10.0. The SMILES string of the molecule is CCCCCCC/C=C/C=C/[C@@H](O)[C@H](CO)NC(=O)CCCCCCCCCCCCCCCCCCCC. The van der Waals surface area contributed by atoms with Crippen molar-refractivity contribution < 1.29 is 15.0 Å². The summed E-state index contributed by atoms with van der Waals surface area (Å²) in [5.74, 6) is -0.0828. The molecule has 0 radical (unpaired) electrons. The fourth-order valence-electron chi connectivity index (χ4n) is 5.06. The van der Waals surface area contributed by atoms with Gasteiger partial charge in [-0.2, -0.15) is 0 Å². The van der Waals surface area contributed by atoms with E-state index in [1.165, 1.54) is 135 Å². The third kappa shape index (κ3) is 28.2. The van der Waals surface area contributed by atoms with Gasteiger partial charge in [0.1, 0.15) is 0 Å². The number of nitrogens with one attached hydrogen (secondary N) is 1. The summed E-state index contributed by atoms with van der Waals surface area (Å²) >= 11 is 0. The number of allylic oxidation sites excluding steroid dienone is 3. The van der Waals surface area contributed by atoms with Crippen LogP contribution in [0.5, 0.6) is 0 Å². The van der Waals surface area contributed by atoms with E-state index in [0.717, 1.165) is 19.3 Å². The van der Waals surface area contributed by atoms with Crippen LogP contribution in [-0.2, 0) is 4.79 Å². The van der Waals surface area contributed by atoms with Crippen molar-refractivity contribution in [3.63, 3.8) is 0 Å². The lowest BCUT2D eigenvalue weighted by Crippen LogP contribution is -2.45. The van der Waals surface area contributed by atoms with Crippen LogP contribution in [0.1, 0.15) is 174 Å². The molecule has 4 heteroatoms. The maximum absolute atomic E-state index is 12.2. The van der Waals surface area contributed by atoms with E-state index in [0.29, 0.717) is 6.42 Å². The van der Waals surface area contributed by atoms with Crippen molar-refractivity contribution in [2.45, 2.75) is 187 Å². The first-order valence-electron chi connectivity index (χ1n) is 17.1. The van der Waals surface area contributed by atoms with Gasteiger partial charge >= 0.3 is 0 Å². The maximum atomic E-state index is 12.2. The molecule has 1 amide bonds. The monoisotopic (exact) mass is 550 g/mol. The van der Waals surface area contributed by atoms with Crippen molar-refractivity contribution >= 4 is 5.91 Å². The summed E-state index contributed by atoms with van der Waals surface area (Å²) in [5.41, 5.74) is 0. The number of aliphatic hydroxyl groups excluding tert-OH is 2. The molecule has 2 atom stereocenters. The highest BCUT2D eigenvalue weighted by molar-refractivity contribution is 5.76. The van der Waals surface area contributed by atoms with E-state index in [1.807, 2.05) is 12.2 Å². The molecule has 39 heavy (non-hydrogen) atoms. The molecule has 3 N–H and O–H groups in total. The molecule has 230 valence electrons. The largest absolute Gasteiger partial charge is 0.394 e. The number of hydrogen-bond donors (Lipinski definition) is 3. The van der Waals surface area contributed by atoms with E-state index in [2.05, 4.69) is 25.2 Å². The molecular formula is C35H67NO3. The average molecular weight is 550 g/mol. The Morgan fingerprint density at radius 3 is 1.46 bits per heavy atom. The Kier molecular flexibility index (Phi) is 30.5. The van der Waals surface area contributed by atoms with Crippen LogP contribution in [0.25, 0.3) is 0 Å². The Labute approximate surface area is 243 Å². The van der Waals surface area contributed by atoms with E-state index in [1.54, 1.807) is 6.08 Å². The maximum Gasteiger partial charge on any atom is 0.220 e. The first-order valence-corrected chi connectivity index (χ1v) is 17.1. The first kappa shape index (κ1) is 37.9. The van der Waals surface area contributed by atoms with Crippen LogP contribution in [0.4, 0.5) is 0 Å². The summed E-state index contributed by atoms with van der Waals surface area (Å²) in [4.78, 5) is 12.2. The van der Waals surface area contributed by atoms with Crippen LogP contribution < -0.4 is 5.32 Å². The van der Waals surface area contributed by atoms with E-state index < -0.39 is 12.1 Å². The highest BCUT2D eigenvalue weighted by Gasteiger charge is 2.17. The molecule has 0 unspecified atom stereocenters. The summed E-state index contributed by atoms with van der Waals surface area (Å²) in [5, 5.41) is 22.7. The highest BCUT2D eigenvalue weighted by atomic mass is 16.3. The van der Waals surface area contributed by atoms with Crippen molar-refractivity contribution in [2.24, 2.45) is 0 Å². The van der Waals surface area contributed by atoms with Gasteiger partial charge in [-0.1, -0.05) is 173 Å². The quantitative estimate of drug-likeness (QED) is 0.0617. The zero-order chi connectivity index (χ0) is 28.7. The minimum Gasteiger partial charge on any atom is -0.394 e. The molecular weight excluding hydrogens is 482 g/mol. The van der Waals surface area contributed by atoms with Gasteiger partial charge in [-0.25, -0.2) is 0 Å². The molecule has 0 rings (SSSR count). The molecule has 4 nitrogen and oxygen atoms in total. The zero-order valence-corrected chi connectivity index (χ0v) is 26.2. The van der Waals surface area contributed by atoms with E-state index in [-0.39, 0.29) is 12.5 Å². The van der Waals surface area contributed by atoms with Gasteiger partial charge in [0.15, 0.2) is 0 Å². The van der Waals surface area contributed by atoms with E-state index in [9.17, 15) is 15.0 Å². The lowest BCUT2D eigenvalue weighted by molar-refractivity contribution is -0.123. The number of carbonyl (C=O) groups excluding carboxylic acids is 1. The smallest absolute Gasteiger partial charge is 0.220 e. The van der Waals surface area contributed by atoms with Gasteiger partial charge in [0, 0.05) is 6.42 Å². The molecule has 0 aliphatic carbocycles. The fourth-order valence-corrected chi connectivity index (χ4v) is 5.06. The van der Waals surface area contributed by atoms with Crippen LogP contribution in [0.2, 0.25) is 0 Å². The first-order chi connectivity index (χ1) is 19.2. The van der Waals surface area contributed by atoms with Crippen LogP contribution in [0.3, 0.4) is 0 Å². The molecule has 0 aromatic rings. The van der Waals surface area contributed by atoms with Crippen LogP contribution in [0.15, 0.2) is 24.3 Å². The van der Waals surface area contributed by atoms with Crippen molar-refractivity contribution in [1.29, 1.82) is 0 Å². The van der Waals surface area contributed by atoms with Crippen molar-refractivity contribution in [3.05, 3.63) is 24.3 Å². The molecule has 0 aromatic heterocycles. The average Bonchev–Trinajstić information content (AvgIpc) is 2.94. The summed E-state index contributed by atoms with van der Waals surface area (Å²) in [6.07, 6.45) is 38.4. The van der Waals surface area contributed by atoms with Gasteiger partial charge < -0.3 is 15.5 Å². The van der Waals surface area contributed by atoms with Gasteiger partial charge in [0.2, 0.25) is 5.91 Å². The van der Waals surface area contributed by atoms with E-state index in [4.69, 9.17) is 0 Å². The van der Waals surface area contributed by atoms with E-state index >= 15 is 0 Å². The minimum atomic E-state index is -0.881. The molecule has 0 spiro atoms. The number of carbonyl (C=O) groups is 1. The van der Waals surface area contributed by atoms with Gasteiger partial charge in [0.25, 0.3) is 0 Å². The molecule has 0 bridgehead atoms. The predicted octanol–water partition coefficient (Wildman–Crippen LogP) is 9.73. The summed E-state index contributed by atoms with van der Waals surface area (Å²) < 4.78 is 0. The molecule has 0 saturated heterocycles. The number of unbranched alkanes of at least 4 members (excludes halogenated alkanes) is 22. The Morgan fingerprint density at radius 1 is 0.615 bits per heavy atom. The second-order valence-electron chi connectivity index (χ2n) is 11.6. The Bertz CT molecular complexity index is 560. The van der Waals surface area contributed by atoms with Gasteiger partial charge in [0.05, 0.1) is 18.8 Å². The number of aliphatic hydroxyl groups is 2. The normalized spacial score (nSPS) is 13.4. The second-order valence-corrected chi connectivity index (χ2v) is 11.6. The Balaban J connectivity index is 3.59. The predicted molar refractivity (Wildman–Crippen MR) is 170 cm³/mol. The van der Waals surface area contributed by atoms with Crippen molar-refractivity contribution in [3.8, 4) is 0 Å². The summed E-state index contributed by atoms with van der Waals surface area (Å²) in [6.45, 7) is 4.24. The third-order valence-corrected chi connectivity index (χ3v) is 7.74. The Morgan fingerprint density at radius 2 is 1.03 bits per heavy atom. The van der Waals surface area contributed by atoms with Crippen LogP contribution in [0, 0.1) is 0 Å². The summed E-state index contributed by atoms with van der Waals surface area (Å²) in [7, 11) is 0. The number of hydrogen-bond acceptors (Lipinski definition) is 3. The molecule has 0 fully saturated rings. The number of amides is 1. The zero-order valence-electron chi connectivity index (χ0n) is 26.2. The molecule has 0 aliphatic heterocycles. The fraction of sp³-hybridized carbons (Fsp3) is 0.857. The summed E-state index contributed by atoms with van der Waals surface area (Å²) in [6, 6.07) is -0.647. The van der Waals surface area contributed by atoms with Crippen LogP contribution >= 0.6 is 0 Å². The van der Waals surface area contributed by atoms with Gasteiger partial charge in [-0.3, -0.25) is 4.79 Å². The lowest BCUT2D eigenvalue weighted by Gasteiger charge is -2.19.